The normalized spacial score (nSPS) is 17.1. The first-order valence-corrected chi connectivity index (χ1v) is 13.0. The molecule has 1 saturated heterocycles. The van der Waals surface area contributed by atoms with Crippen molar-refractivity contribution in [3.63, 3.8) is 0 Å². The van der Waals surface area contributed by atoms with Crippen molar-refractivity contribution < 1.29 is 14.4 Å². The standard InChI is InChI=1S/C28H27N3O3S/c1-35-21-14-12-19(13-15-21)17-29-26(32)22-8-3-2-7-20(22)18-31-24-10-5-4-9-23(24)27(33)30-16-6-11-25(30)28(31)34/h2-5,7-10,12-15,25H,6,11,16-18H2,1H3,(H,29,32)/t25-/m0/s1. The summed E-state index contributed by atoms with van der Waals surface area (Å²) >= 11 is 1.68. The highest BCUT2D eigenvalue weighted by Crippen LogP contribution is 2.33. The first-order valence-electron chi connectivity index (χ1n) is 11.8. The number of amides is 3. The van der Waals surface area contributed by atoms with Crippen molar-refractivity contribution in [2.45, 2.75) is 36.9 Å². The van der Waals surface area contributed by atoms with Crippen LogP contribution in [0, 0.1) is 0 Å². The lowest BCUT2D eigenvalue weighted by Gasteiger charge is -2.26. The molecule has 2 heterocycles. The van der Waals surface area contributed by atoms with Gasteiger partial charge in [0, 0.05) is 23.5 Å². The van der Waals surface area contributed by atoms with Crippen LogP contribution in [0.5, 0.6) is 0 Å². The predicted molar refractivity (Wildman–Crippen MR) is 138 cm³/mol. The Labute approximate surface area is 209 Å². The molecule has 0 spiro atoms. The number of nitrogens with one attached hydrogen (secondary N) is 1. The first-order chi connectivity index (χ1) is 17.1. The van der Waals surface area contributed by atoms with Gasteiger partial charge in [0.25, 0.3) is 11.8 Å². The summed E-state index contributed by atoms with van der Waals surface area (Å²) in [5, 5.41) is 3.01. The number of carbonyl (C=O) groups excluding carboxylic acids is 3. The van der Waals surface area contributed by atoms with Crippen molar-refractivity contribution in [2.24, 2.45) is 0 Å². The molecule has 1 atom stereocenters. The molecular formula is C28H27N3O3S. The highest BCUT2D eigenvalue weighted by atomic mass is 32.2. The minimum absolute atomic E-state index is 0.0927. The Hall–Kier alpha value is -3.58. The van der Waals surface area contributed by atoms with Gasteiger partial charge in [-0.1, -0.05) is 42.5 Å². The number of benzene rings is 3. The highest BCUT2D eigenvalue weighted by molar-refractivity contribution is 7.98. The van der Waals surface area contributed by atoms with Crippen LogP contribution in [0.4, 0.5) is 5.69 Å². The third-order valence-electron chi connectivity index (χ3n) is 6.69. The second-order valence-corrected chi connectivity index (χ2v) is 9.67. The number of anilines is 1. The molecule has 0 unspecified atom stereocenters. The van der Waals surface area contributed by atoms with Gasteiger partial charge >= 0.3 is 0 Å². The van der Waals surface area contributed by atoms with Crippen LogP contribution in [-0.4, -0.2) is 41.5 Å². The minimum atomic E-state index is -0.458. The molecule has 0 aliphatic carbocycles. The lowest BCUT2D eigenvalue weighted by Crippen LogP contribution is -2.44. The van der Waals surface area contributed by atoms with E-state index in [1.807, 2.05) is 66.9 Å². The number of carbonyl (C=O) groups is 3. The molecule has 0 saturated carbocycles. The Balaban J connectivity index is 1.41. The number of thioether (sulfide) groups is 1. The van der Waals surface area contributed by atoms with Crippen molar-refractivity contribution >= 4 is 35.2 Å². The molecule has 0 aromatic heterocycles. The molecule has 7 heteroatoms. The molecular weight excluding hydrogens is 458 g/mol. The Morgan fingerprint density at radius 1 is 1.00 bits per heavy atom. The molecule has 3 amide bonds. The number of nitrogens with zero attached hydrogens (tertiary/aromatic N) is 2. The maximum Gasteiger partial charge on any atom is 0.256 e. The van der Waals surface area contributed by atoms with Gasteiger partial charge in [-0.25, -0.2) is 0 Å². The second kappa shape index (κ2) is 9.96. The van der Waals surface area contributed by atoms with Crippen LogP contribution in [0.15, 0.2) is 77.7 Å². The monoisotopic (exact) mass is 485 g/mol. The van der Waals surface area contributed by atoms with Gasteiger partial charge in [-0.05, 0) is 60.6 Å². The zero-order chi connectivity index (χ0) is 24.4. The third kappa shape index (κ3) is 4.56. The molecule has 2 aliphatic rings. The third-order valence-corrected chi connectivity index (χ3v) is 7.44. The number of hydrogen-bond acceptors (Lipinski definition) is 4. The van der Waals surface area contributed by atoms with Crippen LogP contribution in [0.1, 0.15) is 44.7 Å². The SMILES string of the molecule is CSc1ccc(CNC(=O)c2ccccc2CN2C(=O)[C@@H]3CCCN3C(=O)c3ccccc32)cc1. The quantitative estimate of drug-likeness (QED) is 0.523. The van der Waals surface area contributed by atoms with Gasteiger partial charge in [-0.3, -0.25) is 14.4 Å². The van der Waals surface area contributed by atoms with Gasteiger partial charge in [0.15, 0.2) is 0 Å². The number of hydrogen-bond donors (Lipinski definition) is 1. The number of rotatable bonds is 6. The summed E-state index contributed by atoms with van der Waals surface area (Å²) < 4.78 is 0. The molecule has 3 aromatic carbocycles. The number of fused-ring (bicyclic) bond motifs is 2. The van der Waals surface area contributed by atoms with E-state index in [9.17, 15) is 14.4 Å². The van der Waals surface area contributed by atoms with Crippen molar-refractivity contribution in [2.75, 3.05) is 17.7 Å². The van der Waals surface area contributed by atoms with E-state index in [1.165, 1.54) is 4.90 Å². The van der Waals surface area contributed by atoms with E-state index >= 15 is 0 Å². The van der Waals surface area contributed by atoms with E-state index < -0.39 is 6.04 Å². The molecule has 0 radical (unpaired) electrons. The summed E-state index contributed by atoms with van der Waals surface area (Å²) in [6.07, 6.45) is 3.50. The van der Waals surface area contributed by atoms with Crippen LogP contribution in [0.2, 0.25) is 0 Å². The van der Waals surface area contributed by atoms with Crippen molar-refractivity contribution in [1.82, 2.24) is 10.2 Å². The molecule has 35 heavy (non-hydrogen) atoms. The summed E-state index contributed by atoms with van der Waals surface area (Å²) in [7, 11) is 0. The second-order valence-electron chi connectivity index (χ2n) is 8.79. The minimum Gasteiger partial charge on any atom is -0.348 e. The van der Waals surface area contributed by atoms with Gasteiger partial charge in [-0.15, -0.1) is 11.8 Å². The van der Waals surface area contributed by atoms with E-state index in [0.29, 0.717) is 36.3 Å². The van der Waals surface area contributed by atoms with Gasteiger partial charge < -0.3 is 15.1 Å². The van der Waals surface area contributed by atoms with Crippen molar-refractivity contribution in [1.29, 1.82) is 0 Å². The summed E-state index contributed by atoms with van der Waals surface area (Å²) in [5.74, 6) is -0.383. The molecule has 1 fully saturated rings. The number of para-hydroxylation sites is 1. The average Bonchev–Trinajstić information content (AvgIpc) is 3.38. The first kappa shape index (κ1) is 23.2. The molecule has 1 N–H and O–H groups in total. The Bertz CT molecular complexity index is 1270. The van der Waals surface area contributed by atoms with E-state index in [4.69, 9.17) is 0 Å². The summed E-state index contributed by atoms with van der Waals surface area (Å²) in [5.41, 5.74) is 3.41. The molecule has 0 bridgehead atoms. The van der Waals surface area contributed by atoms with E-state index in [2.05, 4.69) is 5.32 Å². The Morgan fingerprint density at radius 3 is 2.54 bits per heavy atom. The largest absolute Gasteiger partial charge is 0.348 e. The fraction of sp³-hybridized carbons (Fsp3) is 0.250. The van der Waals surface area contributed by atoms with E-state index in [1.54, 1.807) is 33.7 Å². The van der Waals surface area contributed by atoms with E-state index in [-0.39, 0.29) is 24.3 Å². The lowest BCUT2D eigenvalue weighted by molar-refractivity contribution is -0.122. The zero-order valence-corrected chi connectivity index (χ0v) is 20.4. The molecule has 6 nitrogen and oxygen atoms in total. The average molecular weight is 486 g/mol. The van der Waals surface area contributed by atoms with Crippen LogP contribution >= 0.6 is 11.8 Å². The summed E-state index contributed by atoms with van der Waals surface area (Å²) in [6.45, 7) is 1.23. The summed E-state index contributed by atoms with van der Waals surface area (Å²) in [4.78, 5) is 44.5. The van der Waals surface area contributed by atoms with Crippen LogP contribution in [0.25, 0.3) is 0 Å². The Morgan fingerprint density at radius 2 is 1.74 bits per heavy atom. The highest BCUT2D eigenvalue weighted by Gasteiger charge is 2.42. The van der Waals surface area contributed by atoms with Crippen LogP contribution in [0.3, 0.4) is 0 Å². The fourth-order valence-corrected chi connectivity index (χ4v) is 5.25. The van der Waals surface area contributed by atoms with Crippen molar-refractivity contribution in [3.05, 3.63) is 95.1 Å². The van der Waals surface area contributed by atoms with Gasteiger partial charge in [0.2, 0.25) is 5.91 Å². The zero-order valence-electron chi connectivity index (χ0n) is 19.6. The fourth-order valence-electron chi connectivity index (χ4n) is 4.84. The maximum absolute atomic E-state index is 13.6. The summed E-state index contributed by atoms with van der Waals surface area (Å²) in [6, 6.07) is 22.2. The molecule has 3 aromatic rings. The molecule has 5 rings (SSSR count). The van der Waals surface area contributed by atoms with Gasteiger partial charge in [0.1, 0.15) is 6.04 Å². The molecule has 2 aliphatic heterocycles. The van der Waals surface area contributed by atoms with Gasteiger partial charge in [0.05, 0.1) is 17.8 Å². The van der Waals surface area contributed by atoms with Crippen LogP contribution < -0.4 is 10.2 Å². The van der Waals surface area contributed by atoms with Crippen molar-refractivity contribution in [3.8, 4) is 0 Å². The van der Waals surface area contributed by atoms with E-state index in [0.717, 1.165) is 17.5 Å². The predicted octanol–water partition coefficient (Wildman–Crippen LogP) is 4.49. The smallest absolute Gasteiger partial charge is 0.256 e. The maximum atomic E-state index is 13.6. The topological polar surface area (TPSA) is 69.7 Å². The molecule has 178 valence electrons. The van der Waals surface area contributed by atoms with Gasteiger partial charge in [-0.2, -0.15) is 0 Å². The lowest BCUT2D eigenvalue weighted by atomic mass is 10.0. The van der Waals surface area contributed by atoms with Crippen LogP contribution in [-0.2, 0) is 17.9 Å². The Kier molecular flexibility index (Phi) is 6.59.